The summed E-state index contributed by atoms with van der Waals surface area (Å²) in [5.41, 5.74) is 4.59. The number of hydrogen-bond acceptors (Lipinski definition) is 2. The Bertz CT molecular complexity index is 239. The molecule has 0 unspecified atom stereocenters. The van der Waals surface area contributed by atoms with Crippen LogP contribution in [0.2, 0.25) is 0 Å². The Morgan fingerprint density at radius 1 is 0.947 bits per heavy atom. The van der Waals surface area contributed by atoms with Gasteiger partial charge in [0.15, 0.2) is 0 Å². The third-order valence-electron chi connectivity index (χ3n) is 4.41. The lowest BCUT2D eigenvalue weighted by atomic mass is 9.75. The molecule has 1 N–H and O–H groups in total. The molecule has 0 saturated carbocycles. The number of rotatable bonds is 5. The summed E-state index contributed by atoms with van der Waals surface area (Å²) in [6, 6.07) is 0. The van der Waals surface area contributed by atoms with Crippen LogP contribution in [0.15, 0.2) is 0 Å². The Labute approximate surface area is 121 Å². The van der Waals surface area contributed by atoms with E-state index >= 15 is 0 Å². The fraction of sp³-hybridized carbons (Fsp3) is 1.00. The second-order valence-electron chi connectivity index (χ2n) is 8.55. The molecule has 0 aromatic carbocycles. The molecule has 1 aliphatic rings. The summed E-state index contributed by atoms with van der Waals surface area (Å²) in [7, 11) is 0. The average Bonchev–Trinajstić information content (AvgIpc) is 2.26. The molecule has 0 atom stereocenters. The number of nitrogens with zero attached hydrogens (tertiary/aromatic N) is 1. The van der Waals surface area contributed by atoms with Crippen molar-refractivity contribution >= 4 is 0 Å². The van der Waals surface area contributed by atoms with Crippen molar-refractivity contribution in [3.05, 3.63) is 0 Å². The van der Waals surface area contributed by atoms with Gasteiger partial charge in [-0.05, 0) is 42.4 Å². The zero-order valence-electron chi connectivity index (χ0n) is 14.2. The van der Waals surface area contributed by atoms with Crippen LogP contribution in [0.5, 0.6) is 0 Å². The monoisotopic (exact) mass is 268 g/mol. The van der Waals surface area contributed by atoms with Crippen LogP contribution in [0.1, 0.15) is 73.6 Å². The smallest absolute Gasteiger partial charge is 0.0133 e. The quantitative estimate of drug-likeness (QED) is 0.740. The predicted octanol–water partition coefficient (Wildman–Crippen LogP) is 4.47. The van der Waals surface area contributed by atoms with Gasteiger partial charge in [0.05, 0.1) is 0 Å². The standard InChI is InChI=1S/C17H36N2/c1-16(2,3)11-7-8-12-18-19-13-9-15(10-14-19)17(4,5)6/h15,18H,7-14H2,1-6H3. The first-order valence-corrected chi connectivity index (χ1v) is 8.17. The summed E-state index contributed by atoms with van der Waals surface area (Å²) in [5.74, 6) is 0.895. The summed E-state index contributed by atoms with van der Waals surface area (Å²) in [5, 5.41) is 2.44. The van der Waals surface area contributed by atoms with Crippen LogP contribution in [0.25, 0.3) is 0 Å². The van der Waals surface area contributed by atoms with E-state index in [1.54, 1.807) is 0 Å². The highest BCUT2D eigenvalue weighted by Crippen LogP contribution is 2.33. The number of hydrogen-bond donors (Lipinski definition) is 1. The summed E-state index contributed by atoms with van der Waals surface area (Å²) in [4.78, 5) is 0. The Kier molecular flexibility index (Phi) is 6.32. The van der Waals surface area contributed by atoms with Gasteiger partial charge in [-0.2, -0.15) is 0 Å². The van der Waals surface area contributed by atoms with Gasteiger partial charge in [0, 0.05) is 19.6 Å². The molecule has 1 aliphatic heterocycles. The van der Waals surface area contributed by atoms with Crippen LogP contribution in [-0.2, 0) is 0 Å². The minimum absolute atomic E-state index is 0.485. The number of unbranched alkanes of at least 4 members (excludes halogenated alkanes) is 1. The van der Waals surface area contributed by atoms with Gasteiger partial charge >= 0.3 is 0 Å². The molecule has 0 radical (unpaired) electrons. The maximum Gasteiger partial charge on any atom is 0.0133 e. The van der Waals surface area contributed by atoms with Crippen molar-refractivity contribution in [2.45, 2.75) is 73.6 Å². The minimum Gasteiger partial charge on any atom is -0.255 e. The Balaban J connectivity index is 2.07. The van der Waals surface area contributed by atoms with Crippen LogP contribution in [0.3, 0.4) is 0 Å². The molecule has 0 aromatic rings. The third-order valence-corrected chi connectivity index (χ3v) is 4.41. The summed E-state index contributed by atoms with van der Waals surface area (Å²) in [6.07, 6.45) is 6.67. The maximum absolute atomic E-state index is 3.61. The minimum atomic E-state index is 0.485. The molecule has 2 nitrogen and oxygen atoms in total. The van der Waals surface area contributed by atoms with E-state index in [1.807, 2.05) is 0 Å². The molecule has 1 heterocycles. The summed E-state index contributed by atoms with van der Waals surface area (Å²) in [6.45, 7) is 17.7. The number of nitrogens with one attached hydrogen (secondary N) is 1. The Morgan fingerprint density at radius 3 is 2.00 bits per heavy atom. The van der Waals surface area contributed by atoms with Gasteiger partial charge in [-0.1, -0.05) is 48.0 Å². The predicted molar refractivity (Wildman–Crippen MR) is 85.1 cm³/mol. The maximum atomic E-state index is 3.61. The first-order valence-electron chi connectivity index (χ1n) is 8.17. The van der Waals surface area contributed by atoms with Gasteiger partial charge in [-0.15, -0.1) is 0 Å². The lowest BCUT2D eigenvalue weighted by Gasteiger charge is -2.38. The number of piperidine rings is 1. The molecule has 0 amide bonds. The molecule has 0 bridgehead atoms. The molecule has 114 valence electrons. The van der Waals surface area contributed by atoms with E-state index in [2.05, 4.69) is 52.0 Å². The third kappa shape index (κ3) is 7.31. The van der Waals surface area contributed by atoms with Crippen molar-refractivity contribution in [3.63, 3.8) is 0 Å². The van der Waals surface area contributed by atoms with E-state index < -0.39 is 0 Å². The lowest BCUT2D eigenvalue weighted by molar-refractivity contribution is 0.0765. The molecule has 0 aliphatic carbocycles. The highest BCUT2D eigenvalue weighted by molar-refractivity contribution is 4.79. The van der Waals surface area contributed by atoms with Crippen molar-refractivity contribution in [2.24, 2.45) is 16.7 Å². The molecule has 19 heavy (non-hydrogen) atoms. The second kappa shape index (κ2) is 7.08. The van der Waals surface area contributed by atoms with Crippen molar-refractivity contribution in [1.82, 2.24) is 10.4 Å². The lowest BCUT2D eigenvalue weighted by Crippen LogP contribution is -2.45. The van der Waals surface area contributed by atoms with Crippen LogP contribution in [-0.4, -0.2) is 24.6 Å². The van der Waals surface area contributed by atoms with Crippen LogP contribution < -0.4 is 5.43 Å². The average molecular weight is 268 g/mol. The van der Waals surface area contributed by atoms with E-state index in [9.17, 15) is 0 Å². The van der Waals surface area contributed by atoms with Gasteiger partial charge in [-0.3, -0.25) is 5.43 Å². The molecule has 0 aromatic heterocycles. The van der Waals surface area contributed by atoms with E-state index in [0.29, 0.717) is 10.8 Å². The summed E-state index contributed by atoms with van der Waals surface area (Å²) < 4.78 is 0. The van der Waals surface area contributed by atoms with Crippen molar-refractivity contribution < 1.29 is 0 Å². The highest BCUT2D eigenvalue weighted by atomic mass is 15.5. The fourth-order valence-electron chi connectivity index (χ4n) is 2.92. The second-order valence-corrected chi connectivity index (χ2v) is 8.55. The molecule has 1 rings (SSSR count). The van der Waals surface area contributed by atoms with Crippen molar-refractivity contribution in [3.8, 4) is 0 Å². The van der Waals surface area contributed by atoms with E-state index in [-0.39, 0.29) is 0 Å². The summed E-state index contributed by atoms with van der Waals surface area (Å²) >= 11 is 0. The molecule has 1 saturated heterocycles. The zero-order chi connectivity index (χ0) is 14.5. The number of hydrazine groups is 1. The topological polar surface area (TPSA) is 15.3 Å². The largest absolute Gasteiger partial charge is 0.255 e. The van der Waals surface area contributed by atoms with Gasteiger partial charge in [0.2, 0.25) is 0 Å². The highest BCUT2D eigenvalue weighted by Gasteiger charge is 2.28. The van der Waals surface area contributed by atoms with Crippen LogP contribution >= 0.6 is 0 Å². The van der Waals surface area contributed by atoms with Crippen LogP contribution in [0.4, 0.5) is 0 Å². The van der Waals surface area contributed by atoms with Gasteiger partial charge in [0.1, 0.15) is 0 Å². The van der Waals surface area contributed by atoms with Gasteiger partial charge in [-0.25, -0.2) is 5.01 Å². The van der Waals surface area contributed by atoms with E-state index in [4.69, 9.17) is 0 Å². The molecule has 1 fully saturated rings. The van der Waals surface area contributed by atoms with E-state index in [1.165, 1.54) is 45.2 Å². The van der Waals surface area contributed by atoms with Crippen LogP contribution in [0, 0.1) is 16.7 Å². The first-order chi connectivity index (χ1) is 8.68. The zero-order valence-corrected chi connectivity index (χ0v) is 14.2. The molecule has 2 heteroatoms. The Hall–Kier alpha value is -0.0800. The van der Waals surface area contributed by atoms with E-state index in [0.717, 1.165) is 12.5 Å². The first kappa shape index (κ1) is 17.0. The normalized spacial score (nSPS) is 19.9. The van der Waals surface area contributed by atoms with Gasteiger partial charge < -0.3 is 0 Å². The Morgan fingerprint density at radius 2 is 1.53 bits per heavy atom. The fourth-order valence-corrected chi connectivity index (χ4v) is 2.92. The van der Waals surface area contributed by atoms with Gasteiger partial charge in [0.25, 0.3) is 0 Å². The van der Waals surface area contributed by atoms with Crippen molar-refractivity contribution in [2.75, 3.05) is 19.6 Å². The van der Waals surface area contributed by atoms with Crippen molar-refractivity contribution in [1.29, 1.82) is 0 Å². The SMILES string of the molecule is CC(C)(C)CCCCNN1CCC(C(C)(C)C)CC1. The molecule has 0 spiro atoms. The molecular weight excluding hydrogens is 232 g/mol. The molecular formula is C17H36N2.